The average molecular weight is 246 g/mol. The summed E-state index contributed by atoms with van der Waals surface area (Å²) in [5.41, 5.74) is 5.87. The number of hydrogen-bond donors (Lipinski definition) is 2. The minimum Gasteiger partial charge on any atom is -0.326 e. The molecular formula is C11H22N2O2S. The van der Waals surface area contributed by atoms with Gasteiger partial charge in [-0.3, -0.25) is 0 Å². The van der Waals surface area contributed by atoms with Crippen molar-refractivity contribution in [2.24, 2.45) is 17.6 Å². The van der Waals surface area contributed by atoms with E-state index in [0.717, 1.165) is 25.7 Å². The smallest absolute Gasteiger partial charge is 0.211 e. The molecule has 0 aromatic heterocycles. The second kappa shape index (κ2) is 5.02. The number of nitrogens with one attached hydrogen (secondary N) is 1. The van der Waals surface area contributed by atoms with Gasteiger partial charge in [-0.15, -0.1) is 0 Å². The fraction of sp³-hybridized carbons (Fsp3) is 1.00. The van der Waals surface area contributed by atoms with Gasteiger partial charge in [0, 0.05) is 12.6 Å². The van der Waals surface area contributed by atoms with Gasteiger partial charge in [-0.2, -0.15) is 0 Å². The highest BCUT2D eigenvalue weighted by atomic mass is 32.2. The lowest BCUT2D eigenvalue weighted by molar-refractivity contribution is 0.528. The monoisotopic (exact) mass is 246 g/mol. The second-order valence-electron chi connectivity index (χ2n) is 5.28. The Morgan fingerprint density at radius 2 is 1.81 bits per heavy atom. The Labute approximate surface area is 98.0 Å². The van der Waals surface area contributed by atoms with Crippen LogP contribution in [0.25, 0.3) is 0 Å². The normalized spacial score (nSPS) is 24.8. The zero-order valence-corrected chi connectivity index (χ0v) is 10.5. The molecule has 0 aromatic carbocycles. The molecule has 2 aliphatic rings. The van der Waals surface area contributed by atoms with E-state index in [-0.39, 0.29) is 6.04 Å². The molecule has 4 nitrogen and oxygen atoms in total. The van der Waals surface area contributed by atoms with Gasteiger partial charge in [-0.1, -0.05) is 12.8 Å². The standard InChI is InChI=1S/C11H22N2O2S/c12-11(10-5-6-10)7-13-16(14,15)8-9-3-1-2-4-9/h9-11,13H,1-8,12H2. The summed E-state index contributed by atoms with van der Waals surface area (Å²) >= 11 is 0. The highest BCUT2D eigenvalue weighted by molar-refractivity contribution is 7.89. The van der Waals surface area contributed by atoms with Crippen molar-refractivity contribution in [1.82, 2.24) is 4.72 Å². The first kappa shape index (κ1) is 12.3. The molecule has 3 N–H and O–H groups in total. The Balaban J connectivity index is 1.73. The first-order chi connectivity index (χ1) is 7.57. The number of rotatable bonds is 6. The molecule has 1 unspecified atom stereocenters. The van der Waals surface area contributed by atoms with Gasteiger partial charge in [-0.05, 0) is 37.5 Å². The highest BCUT2D eigenvalue weighted by Crippen LogP contribution is 2.31. The van der Waals surface area contributed by atoms with E-state index in [0.29, 0.717) is 24.1 Å². The maximum atomic E-state index is 11.8. The van der Waals surface area contributed by atoms with Gasteiger partial charge in [0.2, 0.25) is 10.0 Å². The summed E-state index contributed by atoms with van der Waals surface area (Å²) in [6.07, 6.45) is 6.81. The summed E-state index contributed by atoms with van der Waals surface area (Å²) in [6.45, 7) is 0.416. The van der Waals surface area contributed by atoms with Crippen LogP contribution in [0.15, 0.2) is 0 Å². The predicted octanol–water partition coefficient (Wildman–Crippen LogP) is 0.833. The molecule has 5 heteroatoms. The van der Waals surface area contributed by atoms with Gasteiger partial charge in [0.25, 0.3) is 0 Å². The number of sulfonamides is 1. The molecule has 1 atom stereocenters. The zero-order valence-electron chi connectivity index (χ0n) is 9.69. The fourth-order valence-corrected chi connectivity index (χ4v) is 3.98. The lowest BCUT2D eigenvalue weighted by Gasteiger charge is -2.14. The third-order valence-electron chi connectivity index (χ3n) is 3.70. The van der Waals surface area contributed by atoms with Gasteiger partial charge in [0.05, 0.1) is 5.75 Å². The van der Waals surface area contributed by atoms with Crippen LogP contribution in [-0.4, -0.2) is 26.8 Å². The van der Waals surface area contributed by atoms with Crippen LogP contribution in [0.1, 0.15) is 38.5 Å². The minimum absolute atomic E-state index is 0.0124. The highest BCUT2D eigenvalue weighted by Gasteiger charge is 2.29. The molecule has 0 spiro atoms. The Kier molecular flexibility index (Phi) is 3.87. The van der Waals surface area contributed by atoms with E-state index < -0.39 is 10.0 Å². The molecule has 94 valence electrons. The van der Waals surface area contributed by atoms with Crippen LogP contribution in [0.3, 0.4) is 0 Å². The molecule has 0 radical (unpaired) electrons. The summed E-state index contributed by atoms with van der Waals surface area (Å²) in [4.78, 5) is 0. The molecular weight excluding hydrogens is 224 g/mol. The Morgan fingerprint density at radius 1 is 1.19 bits per heavy atom. The lowest BCUT2D eigenvalue weighted by atomic mass is 10.1. The first-order valence-corrected chi connectivity index (χ1v) is 7.95. The zero-order chi connectivity index (χ0) is 11.6. The van der Waals surface area contributed by atoms with E-state index in [2.05, 4.69) is 4.72 Å². The third kappa shape index (κ3) is 3.71. The van der Waals surface area contributed by atoms with Crippen molar-refractivity contribution in [2.75, 3.05) is 12.3 Å². The van der Waals surface area contributed by atoms with Gasteiger partial charge in [0.15, 0.2) is 0 Å². The first-order valence-electron chi connectivity index (χ1n) is 6.30. The van der Waals surface area contributed by atoms with E-state index >= 15 is 0 Å². The van der Waals surface area contributed by atoms with E-state index in [1.165, 1.54) is 12.8 Å². The van der Waals surface area contributed by atoms with Gasteiger partial charge < -0.3 is 5.73 Å². The maximum Gasteiger partial charge on any atom is 0.211 e. The fourth-order valence-electron chi connectivity index (χ4n) is 2.46. The SMILES string of the molecule is NC(CNS(=O)(=O)CC1CCCC1)C1CC1. The van der Waals surface area contributed by atoms with E-state index in [4.69, 9.17) is 5.73 Å². The van der Waals surface area contributed by atoms with Crippen molar-refractivity contribution in [3.8, 4) is 0 Å². The van der Waals surface area contributed by atoms with Crippen molar-refractivity contribution < 1.29 is 8.42 Å². The Morgan fingerprint density at radius 3 is 2.38 bits per heavy atom. The van der Waals surface area contributed by atoms with Crippen LogP contribution >= 0.6 is 0 Å². The van der Waals surface area contributed by atoms with E-state index in [1.807, 2.05) is 0 Å². The van der Waals surface area contributed by atoms with Gasteiger partial charge >= 0.3 is 0 Å². The summed E-state index contributed by atoms with van der Waals surface area (Å²) < 4.78 is 26.2. The van der Waals surface area contributed by atoms with Crippen molar-refractivity contribution in [3.63, 3.8) is 0 Å². The topological polar surface area (TPSA) is 72.2 Å². The number of hydrogen-bond acceptors (Lipinski definition) is 3. The second-order valence-corrected chi connectivity index (χ2v) is 7.13. The van der Waals surface area contributed by atoms with Crippen LogP contribution in [0.5, 0.6) is 0 Å². The maximum absolute atomic E-state index is 11.8. The van der Waals surface area contributed by atoms with E-state index in [9.17, 15) is 8.42 Å². The quantitative estimate of drug-likeness (QED) is 0.729. The van der Waals surface area contributed by atoms with Crippen LogP contribution in [-0.2, 0) is 10.0 Å². The van der Waals surface area contributed by atoms with Crippen molar-refractivity contribution in [2.45, 2.75) is 44.6 Å². The Hall–Kier alpha value is -0.130. The predicted molar refractivity (Wildman–Crippen MR) is 64.4 cm³/mol. The molecule has 0 bridgehead atoms. The summed E-state index contributed by atoms with van der Waals surface area (Å²) in [5, 5.41) is 0. The summed E-state index contributed by atoms with van der Waals surface area (Å²) in [6, 6.07) is 0.0124. The van der Waals surface area contributed by atoms with Crippen LogP contribution in [0, 0.1) is 11.8 Å². The van der Waals surface area contributed by atoms with E-state index in [1.54, 1.807) is 0 Å². The average Bonchev–Trinajstić information content (AvgIpc) is 2.96. The molecule has 0 aliphatic heterocycles. The summed E-state index contributed by atoms with van der Waals surface area (Å²) in [7, 11) is -3.10. The molecule has 2 aliphatic carbocycles. The minimum atomic E-state index is -3.10. The lowest BCUT2D eigenvalue weighted by Crippen LogP contribution is -2.40. The molecule has 2 saturated carbocycles. The molecule has 0 amide bonds. The molecule has 0 aromatic rings. The van der Waals surface area contributed by atoms with Crippen LogP contribution in [0.4, 0.5) is 0 Å². The van der Waals surface area contributed by atoms with Crippen LogP contribution in [0.2, 0.25) is 0 Å². The van der Waals surface area contributed by atoms with Gasteiger partial charge in [0.1, 0.15) is 0 Å². The molecule has 0 heterocycles. The summed E-state index contributed by atoms with van der Waals surface area (Å²) in [5.74, 6) is 1.22. The van der Waals surface area contributed by atoms with Gasteiger partial charge in [-0.25, -0.2) is 13.1 Å². The number of nitrogens with two attached hydrogens (primary N) is 1. The van der Waals surface area contributed by atoms with Crippen LogP contribution < -0.4 is 10.5 Å². The molecule has 2 rings (SSSR count). The van der Waals surface area contributed by atoms with Crippen molar-refractivity contribution >= 4 is 10.0 Å². The van der Waals surface area contributed by atoms with Crippen molar-refractivity contribution in [1.29, 1.82) is 0 Å². The molecule has 0 saturated heterocycles. The largest absolute Gasteiger partial charge is 0.326 e. The third-order valence-corrected chi connectivity index (χ3v) is 5.21. The molecule has 2 fully saturated rings. The Bertz CT molecular complexity index is 319. The van der Waals surface area contributed by atoms with Crippen molar-refractivity contribution in [3.05, 3.63) is 0 Å². The molecule has 16 heavy (non-hydrogen) atoms.